The van der Waals surface area contributed by atoms with Crippen LogP contribution in [-0.2, 0) is 9.53 Å². The zero-order chi connectivity index (χ0) is 16.8. The van der Waals surface area contributed by atoms with Crippen molar-refractivity contribution in [2.24, 2.45) is 11.8 Å². The molecule has 1 aliphatic heterocycles. The molecule has 126 valence electrons. The highest BCUT2D eigenvalue weighted by Gasteiger charge is 2.28. The monoisotopic (exact) mass is 319 g/mol. The van der Waals surface area contributed by atoms with E-state index in [1.165, 1.54) is 0 Å². The van der Waals surface area contributed by atoms with Gasteiger partial charge in [0.05, 0.1) is 6.61 Å². The van der Waals surface area contributed by atoms with E-state index in [0.717, 1.165) is 5.56 Å². The molecule has 1 fully saturated rings. The standard InChI is InChI=1S/C17H25N3O3/c1-12(2)11-23-17(22)20-9-6-14(7-10-20)16(21)19-15-13(3)5-4-8-18-15/h4-5,8,12,14H,6-7,9-11H2,1-3H3,(H,18,19,21). The van der Waals surface area contributed by atoms with Crippen LogP contribution in [0.3, 0.4) is 0 Å². The zero-order valence-electron chi connectivity index (χ0n) is 14.0. The van der Waals surface area contributed by atoms with E-state index < -0.39 is 0 Å². The lowest BCUT2D eigenvalue weighted by atomic mass is 9.96. The first-order valence-corrected chi connectivity index (χ1v) is 8.11. The maximum absolute atomic E-state index is 12.3. The fourth-order valence-corrected chi connectivity index (χ4v) is 2.49. The molecular formula is C17H25N3O3. The summed E-state index contributed by atoms with van der Waals surface area (Å²) >= 11 is 0. The van der Waals surface area contributed by atoms with Crippen molar-refractivity contribution in [2.75, 3.05) is 25.0 Å². The number of hydrogen-bond donors (Lipinski definition) is 1. The number of aromatic nitrogens is 1. The number of anilines is 1. The fraction of sp³-hybridized carbons (Fsp3) is 0.588. The Balaban J connectivity index is 1.81. The third kappa shape index (κ3) is 4.94. The minimum Gasteiger partial charge on any atom is -0.449 e. The average molecular weight is 319 g/mol. The Kier molecular flexibility index (Phi) is 5.96. The van der Waals surface area contributed by atoms with Gasteiger partial charge in [0.1, 0.15) is 5.82 Å². The number of nitrogens with one attached hydrogen (secondary N) is 1. The molecule has 0 bridgehead atoms. The minimum absolute atomic E-state index is 0.0259. The quantitative estimate of drug-likeness (QED) is 0.926. The molecule has 0 aromatic carbocycles. The molecule has 1 aromatic rings. The molecule has 2 heterocycles. The number of carbonyl (C=O) groups excluding carboxylic acids is 2. The van der Waals surface area contributed by atoms with Gasteiger partial charge in [0.2, 0.25) is 5.91 Å². The summed E-state index contributed by atoms with van der Waals surface area (Å²) in [6.07, 6.45) is 2.68. The van der Waals surface area contributed by atoms with E-state index in [1.54, 1.807) is 11.1 Å². The topological polar surface area (TPSA) is 71.5 Å². The number of likely N-dealkylation sites (tertiary alicyclic amines) is 1. The summed E-state index contributed by atoms with van der Waals surface area (Å²) in [7, 11) is 0. The van der Waals surface area contributed by atoms with Crippen LogP contribution in [0.4, 0.5) is 10.6 Å². The van der Waals surface area contributed by atoms with E-state index in [9.17, 15) is 9.59 Å². The SMILES string of the molecule is Cc1cccnc1NC(=O)C1CCN(C(=O)OCC(C)C)CC1. The van der Waals surface area contributed by atoms with Crippen molar-refractivity contribution in [1.29, 1.82) is 0 Å². The van der Waals surface area contributed by atoms with Crippen molar-refractivity contribution < 1.29 is 14.3 Å². The molecule has 0 unspecified atom stereocenters. The summed E-state index contributed by atoms with van der Waals surface area (Å²) in [5, 5.41) is 2.88. The van der Waals surface area contributed by atoms with Crippen LogP contribution in [0.5, 0.6) is 0 Å². The number of rotatable bonds is 4. The number of piperidine rings is 1. The van der Waals surface area contributed by atoms with Gasteiger partial charge in [-0.2, -0.15) is 0 Å². The number of ether oxygens (including phenoxy) is 1. The van der Waals surface area contributed by atoms with E-state index >= 15 is 0 Å². The van der Waals surface area contributed by atoms with Gasteiger partial charge >= 0.3 is 6.09 Å². The smallest absolute Gasteiger partial charge is 0.409 e. The van der Waals surface area contributed by atoms with Crippen LogP contribution in [0.1, 0.15) is 32.3 Å². The first-order valence-electron chi connectivity index (χ1n) is 8.11. The first-order chi connectivity index (χ1) is 11.0. The van der Waals surface area contributed by atoms with Gasteiger partial charge in [0.15, 0.2) is 0 Å². The van der Waals surface area contributed by atoms with Crippen LogP contribution >= 0.6 is 0 Å². The minimum atomic E-state index is -0.280. The van der Waals surface area contributed by atoms with Crippen LogP contribution < -0.4 is 5.32 Å². The molecule has 2 rings (SSSR count). The molecule has 1 saturated heterocycles. The summed E-state index contributed by atoms with van der Waals surface area (Å²) in [5.74, 6) is 0.813. The second-order valence-electron chi connectivity index (χ2n) is 6.39. The third-order valence-electron chi connectivity index (χ3n) is 3.92. The summed E-state index contributed by atoms with van der Waals surface area (Å²) in [5.41, 5.74) is 0.940. The predicted molar refractivity (Wildman–Crippen MR) is 88.1 cm³/mol. The Morgan fingerprint density at radius 1 is 1.39 bits per heavy atom. The van der Waals surface area contributed by atoms with Crippen molar-refractivity contribution >= 4 is 17.8 Å². The van der Waals surface area contributed by atoms with Crippen LogP contribution in [0.25, 0.3) is 0 Å². The van der Waals surface area contributed by atoms with Gasteiger partial charge in [-0.1, -0.05) is 19.9 Å². The van der Waals surface area contributed by atoms with Crippen LogP contribution in [0.15, 0.2) is 18.3 Å². The number of nitrogens with zero attached hydrogens (tertiary/aromatic N) is 2. The lowest BCUT2D eigenvalue weighted by molar-refractivity contribution is -0.121. The summed E-state index contributed by atoms with van der Waals surface area (Å²) < 4.78 is 5.23. The van der Waals surface area contributed by atoms with Crippen LogP contribution in [0.2, 0.25) is 0 Å². The lowest BCUT2D eigenvalue weighted by Crippen LogP contribution is -2.42. The van der Waals surface area contributed by atoms with Gasteiger partial charge in [-0.3, -0.25) is 4.79 Å². The zero-order valence-corrected chi connectivity index (χ0v) is 14.0. The molecule has 1 aromatic heterocycles. The van der Waals surface area contributed by atoms with E-state index in [0.29, 0.717) is 44.3 Å². The molecule has 6 heteroatoms. The summed E-state index contributed by atoms with van der Waals surface area (Å²) in [6, 6.07) is 3.75. The van der Waals surface area contributed by atoms with Gasteiger partial charge in [-0.15, -0.1) is 0 Å². The average Bonchev–Trinajstić information content (AvgIpc) is 2.54. The Bertz CT molecular complexity index is 552. The second-order valence-corrected chi connectivity index (χ2v) is 6.39. The fourth-order valence-electron chi connectivity index (χ4n) is 2.49. The van der Waals surface area contributed by atoms with Crippen LogP contribution in [-0.4, -0.2) is 41.6 Å². The number of carbonyl (C=O) groups is 2. The van der Waals surface area contributed by atoms with Crippen molar-refractivity contribution in [3.05, 3.63) is 23.9 Å². The van der Waals surface area contributed by atoms with Gasteiger partial charge in [0.25, 0.3) is 0 Å². The predicted octanol–water partition coefficient (Wildman–Crippen LogP) is 2.83. The molecule has 0 radical (unpaired) electrons. The molecule has 0 saturated carbocycles. The van der Waals surface area contributed by atoms with Gasteiger partial charge in [0, 0.05) is 25.2 Å². The van der Waals surface area contributed by atoms with E-state index in [1.807, 2.05) is 32.9 Å². The molecule has 0 aliphatic carbocycles. The van der Waals surface area contributed by atoms with Crippen LogP contribution in [0, 0.1) is 18.8 Å². The molecular weight excluding hydrogens is 294 g/mol. The van der Waals surface area contributed by atoms with Crippen molar-refractivity contribution in [2.45, 2.75) is 33.6 Å². The van der Waals surface area contributed by atoms with Gasteiger partial charge < -0.3 is 15.0 Å². The number of pyridine rings is 1. The van der Waals surface area contributed by atoms with Gasteiger partial charge in [-0.05, 0) is 37.3 Å². The molecule has 0 atom stereocenters. The molecule has 0 spiro atoms. The highest BCUT2D eigenvalue weighted by atomic mass is 16.6. The summed E-state index contributed by atoms with van der Waals surface area (Å²) in [6.45, 7) is 7.45. The summed E-state index contributed by atoms with van der Waals surface area (Å²) in [4.78, 5) is 30.1. The normalized spacial score (nSPS) is 15.6. The maximum atomic E-state index is 12.3. The van der Waals surface area contributed by atoms with Crippen molar-refractivity contribution in [1.82, 2.24) is 9.88 Å². The Morgan fingerprint density at radius 3 is 2.70 bits per heavy atom. The first kappa shape index (κ1) is 17.2. The Morgan fingerprint density at radius 2 is 2.09 bits per heavy atom. The highest BCUT2D eigenvalue weighted by molar-refractivity contribution is 5.92. The third-order valence-corrected chi connectivity index (χ3v) is 3.92. The van der Waals surface area contributed by atoms with Crippen molar-refractivity contribution in [3.8, 4) is 0 Å². The largest absolute Gasteiger partial charge is 0.449 e. The Labute approximate surface area is 137 Å². The Hall–Kier alpha value is -2.11. The second kappa shape index (κ2) is 7.94. The highest BCUT2D eigenvalue weighted by Crippen LogP contribution is 2.20. The molecule has 23 heavy (non-hydrogen) atoms. The van der Waals surface area contributed by atoms with Gasteiger partial charge in [-0.25, -0.2) is 9.78 Å². The van der Waals surface area contributed by atoms with E-state index in [-0.39, 0.29) is 17.9 Å². The molecule has 2 amide bonds. The molecule has 1 N–H and O–H groups in total. The number of amides is 2. The molecule has 1 aliphatic rings. The number of hydrogen-bond acceptors (Lipinski definition) is 4. The number of aryl methyl sites for hydroxylation is 1. The van der Waals surface area contributed by atoms with Crippen molar-refractivity contribution in [3.63, 3.8) is 0 Å². The molecule has 6 nitrogen and oxygen atoms in total. The van der Waals surface area contributed by atoms with E-state index in [2.05, 4.69) is 10.3 Å². The lowest BCUT2D eigenvalue weighted by Gasteiger charge is -2.30. The maximum Gasteiger partial charge on any atom is 0.409 e. The van der Waals surface area contributed by atoms with E-state index in [4.69, 9.17) is 4.74 Å².